The van der Waals surface area contributed by atoms with Crippen molar-refractivity contribution in [2.75, 3.05) is 19.6 Å². The molecule has 0 fully saturated rings. The molecule has 2 aliphatic heterocycles. The number of fused-ring (bicyclic) bond motifs is 6. The van der Waals surface area contributed by atoms with Gasteiger partial charge in [0.05, 0.1) is 5.69 Å². The van der Waals surface area contributed by atoms with Crippen LogP contribution in [0.3, 0.4) is 0 Å². The molecule has 0 atom stereocenters. The number of furan rings is 2. The van der Waals surface area contributed by atoms with Gasteiger partial charge in [-0.2, -0.15) is 0 Å². The molecular formula is C132H132BClN4O4. The Balaban J connectivity index is 0.000000180. The van der Waals surface area contributed by atoms with Crippen molar-refractivity contribution < 1.29 is 18.3 Å². The summed E-state index contributed by atoms with van der Waals surface area (Å²) >= 11 is 7.81. The van der Waals surface area contributed by atoms with Gasteiger partial charge in [0.15, 0.2) is 0 Å². The van der Waals surface area contributed by atoms with Crippen LogP contribution >= 0.6 is 11.6 Å². The Kier molecular flexibility index (Phi) is 25.2. The maximum Gasteiger partial charge on any atom is 0.256 e. The molecule has 2 aliphatic rings. The largest absolute Gasteiger partial charge is 0.458 e. The minimum absolute atomic E-state index is 0.00780. The number of ether oxygens (including phenoxy) is 2. The van der Waals surface area contributed by atoms with Gasteiger partial charge in [0.2, 0.25) is 0 Å². The lowest BCUT2D eigenvalue weighted by Crippen LogP contribution is -2.59. The first kappa shape index (κ1) is 96.6. The van der Waals surface area contributed by atoms with E-state index in [1.54, 1.807) is 0 Å². The zero-order chi connectivity index (χ0) is 100. The summed E-state index contributed by atoms with van der Waals surface area (Å²) in [5.41, 5.74) is 29.7. The average Bonchev–Trinajstić information content (AvgIpc) is 1.09. The van der Waals surface area contributed by atoms with Crippen LogP contribution < -0.4 is 45.5 Å². The summed E-state index contributed by atoms with van der Waals surface area (Å²) in [5, 5.41) is 4.70. The van der Waals surface area contributed by atoms with Gasteiger partial charge in [0, 0.05) is 118 Å². The van der Waals surface area contributed by atoms with Crippen molar-refractivity contribution in [1.29, 1.82) is 0 Å². The monoisotopic (exact) mass is 1880 g/mol. The van der Waals surface area contributed by atoms with Crippen molar-refractivity contribution in [3.8, 4) is 68.3 Å². The normalized spacial score (nSPS) is 12.9. The molecule has 18 aromatic rings. The van der Waals surface area contributed by atoms with Gasteiger partial charge in [-0.1, -0.05) is 390 Å². The summed E-state index contributed by atoms with van der Waals surface area (Å²) in [6, 6.07) is 132. The second kappa shape index (κ2) is 37.0. The molecule has 4 heterocycles. The van der Waals surface area contributed by atoms with E-state index < -0.39 is 0 Å². The van der Waals surface area contributed by atoms with E-state index in [2.05, 4.69) is 532 Å². The Morgan fingerprint density at radius 1 is 0.254 bits per heavy atom. The van der Waals surface area contributed by atoms with E-state index in [0.717, 1.165) is 158 Å². The van der Waals surface area contributed by atoms with Gasteiger partial charge in [0.1, 0.15) is 51.1 Å². The quantitative estimate of drug-likeness (QED) is 0.0887. The third-order valence-corrected chi connectivity index (χ3v) is 28.6. The number of rotatable bonds is 16. The van der Waals surface area contributed by atoms with E-state index in [9.17, 15) is 0 Å². The Hall–Kier alpha value is -14.2. The van der Waals surface area contributed by atoms with Crippen LogP contribution in [-0.2, 0) is 43.3 Å². The molecule has 2 aromatic heterocycles. The van der Waals surface area contributed by atoms with Crippen molar-refractivity contribution >= 4 is 124 Å². The molecule has 10 heteroatoms. The van der Waals surface area contributed by atoms with Crippen LogP contribution in [0.2, 0.25) is 5.02 Å². The van der Waals surface area contributed by atoms with Crippen molar-refractivity contribution in [2.24, 2.45) is 0 Å². The average molecular weight is 1880 g/mol. The van der Waals surface area contributed by atoms with Gasteiger partial charge >= 0.3 is 0 Å². The molecule has 0 bridgehead atoms. The van der Waals surface area contributed by atoms with E-state index in [-0.39, 0.29) is 50.0 Å². The number of anilines is 12. The molecule has 714 valence electrons. The molecule has 0 saturated heterocycles. The molecule has 0 N–H and O–H groups in total. The van der Waals surface area contributed by atoms with Gasteiger partial charge in [0.25, 0.3) is 6.71 Å². The predicted molar refractivity (Wildman–Crippen MR) is 605 cm³/mol. The van der Waals surface area contributed by atoms with Crippen LogP contribution in [-0.4, -0.2) is 6.71 Å². The summed E-state index contributed by atoms with van der Waals surface area (Å²) in [6.45, 7) is 54.2. The van der Waals surface area contributed by atoms with Gasteiger partial charge in [-0.25, -0.2) is 0 Å². The lowest BCUT2D eigenvalue weighted by molar-refractivity contribution is 0.479. The second-order valence-electron chi connectivity index (χ2n) is 46.9. The summed E-state index contributed by atoms with van der Waals surface area (Å²) in [5.74, 6) is 6.36. The highest BCUT2D eigenvalue weighted by Gasteiger charge is 2.45. The minimum Gasteiger partial charge on any atom is -0.458 e. The summed E-state index contributed by atoms with van der Waals surface area (Å²) in [4.78, 5) is 9.43. The number of hydrogen-bond donors (Lipinski definition) is 0. The highest BCUT2D eigenvalue weighted by Crippen LogP contribution is 2.54. The van der Waals surface area contributed by atoms with E-state index in [1.807, 2.05) is 18.2 Å². The maximum atomic E-state index is 7.81. The summed E-state index contributed by atoms with van der Waals surface area (Å²) in [6.07, 6.45) is 0. The molecule has 142 heavy (non-hydrogen) atoms. The topological polar surface area (TPSA) is 57.7 Å². The Morgan fingerprint density at radius 3 is 0.993 bits per heavy atom. The fraction of sp³-hybridized carbons (Fsp3) is 0.242. The first-order chi connectivity index (χ1) is 67.3. The number of hydrogen-bond acceptors (Lipinski definition) is 8. The van der Waals surface area contributed by atoms with Gasteiger partial charge < -0.3 is 37.9 Å². The first-order valence-electron chi connectivity index (χ1n) is 50.2. The molecule has 0 saturated carbocycles. The van der Waals surface area contributed by atoms with E-state index in [4.69, 9.17) is 29.9 Å². The van der Waals surface area contributed by atoms with Crippen molar-refractivity contribution in [1.82, 2.24) is 0 Å². The lowest BCUT2D eigenvalue weighted by Gasteiger charge is -2.41. The Bertz CT molecular complexity index is 7540. The fourth-order valence-electron chi connectivity index (χ4n) is 19.8. The molecule has 0 aliphatic carbocycles. The van der Waals surface area contributed by atoms with Crippen LogP contribution in [0.1, 0.15) is 211 Å². The van der Waals surface area contributed by atoms with Gasteiger partial charge in [-0.15, -0.1) is 0 Å². The zero-order valence-electron chi connectivity index (χ0n) is 87.0. The molecule has 16 aromatic carbocycles. The van der Waals surface area contributed by atoms with Crippen molar-refractivity contribution in [2.45, 2.75) is 209 Å². The highest BCUT2D eigenvalue weighted by molar-refractivity contribution is 6.99. The Morgan fingerprint density at radius 2 is 0.592 bits per heavy atom. The smallest absolute Gasteiger partial charge is 0.256 e. The van der Waals surface area contributed by atoms with E-state index in [0.29, 0.717) is 16.5 Å². The molecule has 0 amide bonds. The number of nitrogens with zero attached hydrogens (tertiary/aromatic N) is 4. The molecular weight excluding hydrogens is 1750 g/mol. The molecule has 8 nitrogen and oxygen atoms in total. The number of benzene rings is 16. The third kappa shape index (κ3) is 19.4. The fourth-order valence-corrected chi connectivity index (χ4v) is 20.0. The van der Waals surface area contributed by atoms with Crippen LogP contribution in [0, 0.1) is 0 Å². The minimum atomic E-state index is -0.254. The highest BCUT2D eigenvalue weighted by atomic mass is 35.5. The van der Waals surface area contributed by atoms with Crippen LogP contribution in [0.25, 0.3) is 66.8 Å². The third-order valence-electron chi connectivity index (χ3n) is 28.2. The van der Waals surface area contributed by atoms with E-state index >= 15 is 0 Å². The second-order valence-corrected chi connectivity index (χ2v) is 47.2. The van der Waals surface area contributed by atoms with E-state index in [1.165, 1.54) is 49.9 Å². The lowest BCUT2D eigenvalue weighted by atomic mass is 9.34. The molecule has 0 unspecified atom stereocenters. The zero-order valence-corrected chi connectivity index (χ0v) is 87.8. The first-order valence-corrected chi connectivity index (χ1v) is 50.6. The SMILES string of the molecule is CC(C)(C)c1ccc(N(c2ccc(C(C)(C)C)cc2)c2ccc3c(c2)Oc2cc(C(C)(C)C)cc4c2B3c2cc3c(-c5ccccc5)oc(-c5ccccc5)c3cc2N4c2ccc(C(C)(C)C)cc2)cc1.CC(C)(C)c1ccc(N(c2ccc(C(C)(C)C)cc2)c2cccc(Oc3cc(C(C)(C)C)cc(N(c4ccc(C(C)(C)C)cc4)c4ccc5c(-c6ccccc6)oc(-c6ccccc6)c5c4)c3Cl)c2)cc1. The molecule has 20 rings (SSSR count). The number of halogens is 1. The summed E-state index contributed by atoms with van der Waals surface area (Å²) < 4.78 is 28.4. The molecule has 0 spiro atoms. The summed E-state index contributed by atoms with van der Waals surface area (Å²) in [7, 11) is 0. The Labute approximate surface area is 847 Å². The van der Waals surface area contributed by atoms with Crippen LogP contribution in [0.5, 0.6) is 23.0 Å². The van der Waals surface area contributed by atoms with Crippen LogP contribution in [0.15, 0.2) is 373 Å². The van der Waals surface area contributed by atoms with Crippen molar-refractivity contribution in [3.05, 3.63) is 414 Å². The maximum absolute atomic E-state index is 7.81. The standard InChI is InChI=1S/C66H65BN2O2.C66H67ClN2O2/c1-63(2,3)44-23-29-48(30-24-44)68(49-31-25-45(26-32-49)64(4,5)6)51-35-36-54-58(39-51)70-59-38-47(66(10,11)12)37-57-60(59)67(54)55-40-52-53(41-56(55)69(57)50-33-27-46(28-34-50)65(7,8)9)62(43-21-17-14-18-22-43)71-61(52)42-19-15-13-16-20-42;1-63(2,3)46-26-32-50(33-27-46)68(51-34-28-47(29-35-51)64(4,5)6)53-24-19-25-55(42-53)70-59-41-49(66(10,11)12)40-58(60(59)67)69(52-36-30-48(31-37-52)65(7,8)9)54-38-39-56-57(43-54)62(45-22-17-14-18-23-45)71-61(56)44-20-15-13-16-21-44/h13-41H,1-12H3;13-43H,1-12H3. The molecule has 0 radical (unpaired) electrons. The predicted octanol–water partition coefficient (Wildman–Crippen LogP) is 37.2. The van der Waals surface area contributed by atoms with Gasteiger partial charge in [-0.05, 0) is 244 Å². The van der Waals surface area contributed by atoms with Crippen molar-refractivity contribution in [3.63, 3.8) is 0 Å². The van der Waals surface area contributed by atoms with Gasteiger partial charge in [-0.3, -0.25) is 0 Å². The van der Waals surface area contributed by atoms with Crippen LogP contribution in [0.4, 0.5) is 68.2 Å².